The van der Waals surface area contributed by atoms with Gasteiger partial charge in [-0.05, 0) is 18.6 Å². The number of carbonyl (C=O) groups excluding carboxylic acids is 1. The third-order valence-electron chi connectivity index (χ3n) is 2.22. The molecule has 0 saturated carbocycles. The topological polar surface area (TPSA) is 64.3 Å². The highest BCUT2D eigenvalue weighted by atomic mass is 32.1. The van der Waals surface area contributed by atoms with Crippen LogP contribution in [0.4, 0.5) is 5.69 Å². The number of nitrogens with two attached hydrogens (primary N) is 1. The molecule has 0 fully saturated rings. The molecule has 1 aromatic carbocycles. The second kappa shape index (κ2) is 6.98. The zero-order valence-electron chi connectivity index (χ0n) is 9.73. The maximum Gasteiger partial charge on any atom is 0.224 e. The molecular weight excluding hydrogens is 236 g/mol. The van der Waals surface area contributed by atoms with Gasteiger partial charge in [0.05, 0.1) is 5.69 Å². The number of methoxy groups -OCH3 is 1. The van der Waals surface area contributed by atoms with Crippen molar-refractivity contribution in [1.29, 1.82) is 0 Å². The number of para-hydroxylation sites is 1. The average molecular weight is 252 g/mol. The Morgan fingerprint density at radius 2 is 2.18 bits per heavy atom. The second-order valence-electron chi connectivity index (χ2n) is 3.55. The van der Waals surface area contributed by atoms with Crippen molar-refractivity contribution in [2.45, 2.75) is 12.8 Å². The summed E-state index contributed by atoms with van der Waals surface area (Å²) in [7, 11) is 1.61. The van der Waals surface area contributed by atoms with Gasteiger partial charge in [0, 0.05) is 25.7 Å². The fourth-order valence-electron chi connectivity index (χ4n) is 1.40. The lowest BCUT2D eigenvalue weighted by molar-refractivity contribution is -0.116. The number of thiocarbonyl (C=S) groups is 1. The quantitative estimate of drug-likeness (QED) is 0.597. The predicted octanol–water partition coefficient (Wildman–Crippen LogP) is 1.69. The Bertz CT molecular complexity index is 407. The van der Waals surface area contributed by atoms with E-state index in [0.717, 1.165) is 0 Å². The Hall–Kier alpha value is -1.46. The van der Waals surface area contributed by atoms with Gasteiger partial charge in [0.2, 0.25) is 5.91 Å². The van der Waals surface area contributed by atoms with E-state index in [-0.39, 0.29) is 10.9 Å². The molecule has 1 aromatic rings. The summed E-state index contributed by atoms with van der Waals surface area (Å²) in [5.74, 6) is -0.0641. The van der Waals surface area contributed by atoms with Crippen LogP contribution in [0.5, 0.6) is 0 Å². The van der Waals surface area contributed by atoms with Gasteiger partial charge in [-0.15, -0.1) is 0 Å². The third kappa shape index (κ3) is 4.50. The van der Waals surface area contributed by atoms with E-state index in [1.807, 2.05) is 12.1 Å². The SMILES string of the molecule is COCCCC(=O)Nc1ccccc1C(N)=S. The zero-order chi connectivity index (χ0) is 12.7. The third-order valence-corrected chi connectivity index (χ3v) is 2.44. The number of rotatable bonds is 6. The zero-order valence-corrected chi connectivity index (χ0v) is 10.5. The molecule has 92 valence electrons. The fraction of sp³-hybridized carbons (Fsp3) is 0.333. The van der Waals surface area contributed by atoms with Crippen molar-refractivity contribution in [3.05, 3.63) is 29.8 Å². The molecule has 5 heteroatoms. The van der Waals surface area contributed by atoms with Crippen LogP contribution < -0.4 is 11.1 Å². The van der Waals surface area contributed by atoms with Gasteiger partial charge in [0.1, 0.15) is 4.99 Å². The molecule has 0 bridgehead atoms. The van der Waals surface area contributed by atoms with E-state index in [1.165, 1.54) is 0 Å². The smallest absolute Gasteiger partial charge is 0.224 e. The number of ether oxygens (including phenoxy) is 1. The first-order valence-corrected chi connectivity index (χ1v) is 5.73. The lowest BCUT2D eigenvalue weighted by atomic mass is 10.1. The van der Waals surface area contributed by atoms with Crippen molar-refractivity contribution >= 4 is 28.8 Å². The highest BCUT2D eigenvalue weighted by molar-refractivity contribution is 7.80. The summed E-state index contributed by atoms with van der Waals surface area (Å²) < 4.78 is 4.88. The molecule has 0 aliphatic rings. The van der Waals surface area contributed by atoms with E-state index in [9.17, 15) is 4.79 Å². The Morgan fingerprint density at radius 1 is 1.47 bits per heavy atom. The Balaban J connectivity index is 2.61. The normalized spacial score (nSPS) is 9.94. The van der Waals surface area contributed by atoms with E-state index in [0.29, 0.717) is 30.7 Å². The van der Waals surface area contributed by atoms with E-state index >= 15 is 0 Å². The molecule has 0 aromatic heterocycles. The van der Waals surface area contributed by atoms with Gasteiger partial charge in [0.25, 0.3) is 0 Å². The van der Waals surface area contributed by atoms with Gasteiger partial charge < -0.3 is 15.8 Å². The molecule has 0 aliphatic heterocycles. The standard InChI is InChI=1S/C12H16N2O2S/c1-16-8-4-7-11(15)14-10-6-3-2-5-9(10)12(13)17/h2-3,5-6H,4,7-8H2,1H3,(H2,13,17)(H,14,15). The van der Waals surface area contributed by atoms with Crippen LogP contribution in [0.3, 0.4) is 0 Å². The summed E-state index contributed by atoms with van der Waals surface area (Å²) >= 11 is 4.92. The monoisotopic (exact) mass is 252 g/mol. The number of hydrogen-bond donors (Lipinski definition) is 2. The van der Waals surface area contributed by atoms with E-state index in [2.05, 4.69) is 5.32 Å². The minimum absolute atomic E-state index is 0.0641. The van der Waals surface area contributed by atoms with Crippen molar-refractivity contribution in [3.8, 4) is 0 Å². The van der Waals surface area contributed by atoms with Gasteiger partial charge in [0.15, 0.2) is 0 Å². The van der Waals surface area contributed by atoms with Crippen LogP contribution in [0.25, 0.3) is 0 Å². The van der Waals surface area contributed by atoms with Gasteiger partial charge in [-0.25, -0.2) is 0 Å². The first kappa shape index (κ1) is 13.6. The molecular formula is C12H16N2O2S. The molecule has 17 heavy (non-hydrogen) atoms. The van der Waals surface area contributed by atoms with E-state index < -0.39 is 0 Å². The van der Waals surface area contributed by atoms with Crippen LogP contribution in [0.2, 0.25) is 0 Å². The molecule has 0 aliphatic carbocycles. The van der Waals surface area contributed by atoms with Gasteiger partial charge in [-0.2, -0.15) is 0 Å². The predicted molar refractivity (Wildman–Crippen MR) is 72.1 cm³/mol. The van der Waals surface area contributed by atoms with Crippen LogP contribution >= 0.6 is 12.2 Å². The maximum atomic E-state index is 11.6. The van der Waals surface area contributed by atoms with Crippen molar-refractivity contribution in [3.63, 3.8) is 0 Å². The molecule has 0 heterocycles. The van der Waals surface area contributed by atoms with Crippen molar-refractivity contribution < 1.29 is 9.53 Å². The van der Waals surface area contributed by atoms with Crippen molar-refractivity contribution in [1.82, 2.24) is 0 Å². The number of anilines is 1. The first-order chi connectivity index (χ1) is 8.15. The minimum atomic E-state index is -0.0641. The maximum absolute atomic E-state index is 11.6. The first-order valence-electron chi connectivity index (χ1n) is 5.32. The van der Waals surface area contributed by atoms with Crippen LogP contribution in [0.15, 0.2) is 24.3 Å². The summed E-state index contributed by atoms with van der Waals surface area (Å²) in [5, 5.41) is 2.79. The Morgan fingerprint density at radius 3 is 2.82 bits per heavy atom. The van der Waals surface area contributed by atoms with Gasteiger partial charge in [-0.3, -0.25) is 4.79 Å². The molecule has 1 amide bonds. The Kier molecular flexibility index (Phi) is 5.59. The molecule has 3 N–H and O–H groups in total. The van der Waals surface area contributed by atoms with E-state index in [4.69, 9.17) is 22.7 Å². The summed E-state index contributed by atoms with van der Waals surface area (Å²) in [5.41, 5.74) is 6.91. The number of amides is 1. The lowest BCUT2D eigenvalue weighted by Gasteiger charge is -2.09. The van der Waals surface area contributed by atoms with Crippen molar-refractivity contribution in [2.24, 2.45) is 5.73 Å². The lowest BCUT2D eigenvalue weighted by Crippen LogP contribution is -2.17. The fourth-order valence-corrected chi connectivity index (χ4v) is 1.57. The summed E-state index contributed by atoms with van der Waals surface area (Å²) in [6, 6.07) is 7.22. The summed E-state index contributed by atoms with van der Waals surface area (Å²) in [4.78, 5) is 11.9. The highest BCUT2D eigenvalue weighted by Gasteiger charge is 2.07. The molecule has 4 nitrogen and oxygen atoms in total. The van der Waals surface area contributed by atoms with Crippen LogP contribution in [-0.2, 0) is 9.53 Å². The van der Waals surface area contributed by atoms with Crippen LogP contribution in [0.1, 0.15) is 18.4 Å². The number of benzene rings is 1. The molecule has 1 rings (SSSR count). The second-order valence-corrected chi connectivity index (χ2v) is 3.99. The Labute approximate surface area is 106 Å². The average Bonchev–Trinajstić information content (AvgIpc) is 2.29. The van der Waals surface area contributed by atoms with Crippen LogP contribution in [0, 0.1) is 0 Å². The largest absolute Gasteiger partial charge is 0.389 e. The summed E-state index contributed by atoms with van der Waals surface area (Å²) in [6.45, 7) is 0.574. The minimum Gasteiger partial charge on any atom is -0.389 e. The molecule has 0 unspecified atom stereocenters. The number of hydrogen-bond acceptors (Lipinski definition) is 3. The molecule has 0 radical (unpaired) electrons. The number of carbonyl (C=O) groups is 1. The van der Waals surface area contributed by atoms with E-state index in [1.54, 1.807) is 19.2 Å². The highest BCUT2D eigenvalue weighted by Crippen LogP contribution is 2.15. The van der Waals surface area contributed by atoms with Crippen molar-refractivity contribution in [2.75, 3.05) is 19.0 Å². The molecule has 0 spiro atoms. The molecule has 0 atom stereocenters. The number of nitrogens with one attached hydrogen (secondary N) is 1. The molecule has 0 saturated heterocycles. The van der Waals surface area contributed by atoms with Crippen LogP contribution in [-0.4, -0.2) is 24.6 Å². The van der Waals surface area contributed by atoms with Gasteiger partial charge in [-0.1, -0.05) is 24.4 Å². The summed E-state index contributed by atoms with van der Waals surface area (Å²) in [6.07, 6.45) is 1.11. The van der Waals surface area contributed by atoms with Gasteiger partial charge >= 0.3 is 0 Å².